The van der Waals surface area contributed by atoms with Crippen LogP contribution >= 0.6 is 0 Å². The van der Waals surface area contributed by atoms with Crippen molar-refractivity contribution in [3.8, 4) is 0 Å². The molecule has 5 rings (SSSR count). The number of carbonyl (C=O) groups is 2. The zero-order chi connectivity index (χ0) is 32.4. The number of carboxylic acids is 1. The van der Waals surface area contributed by atoms with Gasteiger partial charge in [-0.15, -0.1) is 0 Å². The van der Waals surface area contributed by atoms with Gasteiger partial charge in [0.1, 0.15) is 28.5 Å². The third kappa shape index (κ3) is 6.88. The molecule has 0 radical (unpaired) electrons. The van der Waals surface area contributed by atoms with Crippen molar-refractivity contribution >= 4 is 38.8 Å². The van der Waals surface area contributed by atoms with Crippen LogP contribution in [0.5, 0.6) is 0 Å². The van der Waals surface area contributed by atoms with Gasteiger partial charge >= 0.3 is 12.1 Å². The average molecular weight is 643 g/mol. The van der Waals surface area contributed by atoms with Crippen LogP contribution in [0.2, 0.25) is 0 Å². The van der Waals surface area contributed by atoms with Gasteiger partial charge in [0.25, 0.3) is 0 Å². The molecule has 1 atom stereocenters. The van der Waals surface area contributed by atoms with Gasteiger partial charge in [-0.1, -0.05) is 37.6 Å². The van der Waals surface area contributed by atoms with Crippen LogP contribution in [0.3, 0.4) is 0 Å². The standard InChI is InChI=1S/C30H29F3N6O5S/c1-2-3-19-4-6-20(7-5-19)14-36-28(40)25-18-38(26-17-35-24-16-34-15-23(29(41)42)27(24)37-26)12-13-39(25)45(43,44)22-10-8-21(9-11-22)30(31,32)33/h4-11,15-17,25H,2-3,12-14,18H2,1H3,(H,36,40)(H,41,42). The molecule has 3 heterocycles. The predicted molar refractivity (Wildman–Crippen MR) is 158 cm³/mol. The fourth-order valence-corrected chi connectivity index (χ4v) is 6.65. The zero-order valence-corrected chi connectivity index (χ0v) is 24.8. The summed E-state index contributed by atoms with van der Waals surface area (Å²) in [5.41, 5.74) is 1.07. The number of hydrogen-bond acceptors (Lipinski definition) is 8. The number of aromatic carboxylic acids is 1. The Morgan fingerprint density at radius 2 is 1.69 bits per heavy atom. The Morgan fingerprint density at radius 1 is 1.00 bits per heavy atom. The summed E-state index contributed by atoms with van der Waals surface area (Å²) in [6.45, 7) is 1.82. The van der Waals surface area contributed by atoms with E-state index < -0.39 is 44.6 Å². The second-order valence-corrected chi connectivity index (χ2v) is 12.4. The fourth-order valence-electron chi connectivity index (χ4n) is 5.08. The first-order chi connectivity index (χ1) is 21.4. The molecule has 1 saturated heterocycles. The lowest BCUT2D eigenvalue weighted by Crippen LogP contribution is -2.60. The van der Waals surface area contributed by atoms with Gasteiger partial charge in [-0.3, -0.25) is 9.78 Å². The molecule has 1 amide bonds. The highest BCUT2D eigenvalue weighted by Gasteiger charge is 2.41. The molecule has 45 heavy (non-hydrogen) atoms. The SMILES string of the molecule is CCCc1ccc(CNC(=O)C2CN(c3cnc4cncc(C(=O)O)c4n3)CCN2S(=O)(=O)c2ccc(C(F)(F)F)cc2)cc1. The zero-order valence-electron chi connectivity index (χ0n) is 24.0. The number of benzene rings is 2. The van der Waals surface area contributed by atoms with Crippen LogP contribution in [0.25, 0.3) is 11.0 Å². The average Bonchev–Trinajstić information content (AvgIpc) is 3.03. The lowest BCUT2D eigenvalue weighted by atomic mass is 10.1. The topological polar surface area (TPSA) is 146 Å². The van der Waals surface area contributed by atoms with Crippen LogP contribution in [0.15, 0.2) is 72.0 Å². The number of piperazine rings is 1. The Bertz CT molecular complexity index is 1820. The molecule has 1 aliphatic heterocycles. The van der Waals surface area contributed by atoms with Crippen molar-refractivity contribution in [1.82, 2.24) is 24.6 Å². The highest BCUT2D eigenvalue weighted by Crippen LogP contribution is 2.31. The minimum Gasteiger partial charge on any atom is -0.478 e. The molecule has 2 aromatic carbocycles. The second kappa shape index (κ2) is 12.8. The summed E-state index contributed by atoms with van der Waals surface area (Å²) in [6, 6.07) is 9.44. The van der Waals surface area contributed by atoms with Crippen molar-refractivity contribution in [2.75, 3.05) is 24.5 Å². The van der Waals surface area contributed by atoms with Gasteiger partial charge < -0.3 is 15.3 Å². The number of amides is 1. The number of alkyl halides is 3. The number of rotatable bonds is 9. The van der Waals surface area contributed by atoms with Crippen LogP contribution in [-0.4, -0.2) is 70.3 Å². The number of aromatic nitrogens is 3. The second-order valence-electron chi connectivity index (χ2n) is 10.5. The number of carbonyl (C=O) groups excluding carboxylic acids is 1. The van der Waals surface area contributed by atoms with Crippen LogP contribution in [0, 0.1) is 0 Å². The molecule has 0 aliphatic carbocycles. The molecule has 0 bridgehead atoms. The summed E-state index contributed by atoms with van der Waals surface area (Å²) >= 11 is 0. The maximum absolute atomic E-state index is 13.7. The van der Waals surface area contributed by atoms with Gasteiger partial charge in [-0.05, 0) is 41.8 Å². The van der Waals surface area contributed by atoms with E-state index in [0.29, 0.717) is 12.1 Å². The minimum absolute atomic E-state index is 0.0379. The summed E-state index contributed by atoms with van der Waals surface area (Å²) < 4.78 is 67.8. The number of halogens is 3. The summed E-state index contributed by atoms with van der Waals surface area (Å²) in [4.78, 5) is 39.2. The maximum Gasteiger partial charge on any atom is 0.416 e. The molecule has 0 saturated carbocycles. The molecule has 0 spiro atoms. The van der Waals surface area contributed by atoms with E-state index in [9.17, 15) is 36.3 Å². The van der Waals surface area contributed by atoms with E-state index in [4.69, 9.17) is 0 Å². The number of aryl methyl sites for hydroxylation is 1. The summed E-state index contributed by atoms with van der Waals surface area (Å²) in [5.74, 6) is -1.67. The molecule has 1 unspecified atom stereocenters. The highest BCUT2D eigenvalue weighted by molar-refractivity contribution is 7.89. The Hall–Kier alpha value is -4.63. The highest BCUT2D eigenvalue weighted by atomic mass is 32.2. The first-order valence-corrected chi connectivity index (χ1v) is 15.5. The van der Waals surface area contributed by atoms with Gasteiger partial charge in [-0.2, -0.15) is 17.5 Å². The molecule has 1 aliphatic rings. The normalized spacial score (nSPS) is 16.1. The van der Waals surface area contributed by atoms with E-state index in [1.165, 1.54) is 12.4 Å². The molecule has 11 nitrogen and oxygen atoms in total. The Morgan fingerprint density at radius 3 is 2.33 bits per heavy atom. The van der Waals surface area contributed by atoms with E-state index in [0.717, 1.165) is 46.6 Å². The molecule has 2 aromatic heterocycles. The molecule has 4 aromatic rings. The first kappa shape index (κ1) is 31.8. The molecule has 15 heteroatoms. The third-order valence-corrected chi connectivity index (χ3v) is 9.37. The van der Waals surface area contributed by atoms with E-state index in [-0.39, 0.29) is 48.6 Å². The third-order valence-electron chi connectivity index (χ3n) is 7.45. The largest absolute Gasteiger partial charge is 0.478 e. The first-order valence-electron chi connectivity index (χ1n) is 14.0. The number of hydrogen-bond donors (Lipinski definition) is 2. The van der Waals surface area contributed by atoms with Gasteiger partial charge in [0.05, 0.1) is 22.9 Å². The Labute approximate surface area is 256 Å². The smallest absolute Gasteiger partial charge is 0.416 e. The lowest BCUT2D eigenvalue weighted by Gasteiger charge is -2.40. The van der Waals surface area contributed by atoms with Crippen LogP contribution in [0.4, 0.5) is 19.0 Å². The van der Waals surface area contributed by atoms with E-state index in [1.807, 2.05) is 24.3 Å². The quantitative estimate of drug-likeness (QED) is 0.278. The summed E-state index contributed by atoms with van der Waals surface area (Å²) in [6.07, 6.45) is 1.11. The van der Waals surface area contributed by atoms with Crippen LogP contribution < -0.4 is 10.2 Å². The number of nitrogens with zero attached hydrogens (tertiary/aromatic N) is 5. The van der Waals surface area contributed by atoms with Crippen molar-refractivity contribution in [3.05, 3.63) is 89.4 Å². The molecular weight excluding hydrogens is 613 g/mol. The predicted octanol–water partition coefficient (Wildman–Crippen LogP) is 3.89. The summed E-state index contributed by atoms with van der Waals surface area (Å²) in [7, 11) is -4.42. The fraction of sp³-hybridized carbons (Fsp3) is 0.300. The maximum atomic E-state index is 13.7. The van der Waals surface area contributed by atoms with Gasteiger partial charge in [0.2, 0.25) is 15.9 Å². The van der Waals surface area contributed by atoms with Crippen LogP contribution in [-0.2, 0) is 34.0 Å². The van der Waals surface area contributed by atoms with Gasteiger partial charge in [0, 0.05) is 32.4 Å². The number of sulfonamides is 1. The number of carboxylic acid groups (broad SMARTS) is 1. The van der Waals surface area contributed by atoms with Gasteiger partial charge in [0.15, 0.2) is 0 Å². The monoisotopic (exact) mass is 642 g/mol. The Kier molecular flexibility index (Phi) is 9.02. The lowest BCUT2D eigenvalue weighted by molar-refractivity contribution is -0.137. The van der Waals surface area contributed by atoms with Crippen molar-refractivity contribution in [3.63, 3.8) is 0 Å². The van der Waals surface area contributed by atoms with E-state index in [2.05, 4.69) is 27.2 Å². The number of nitrogens with one attached hydrogen (secondary N) is 1. The number of fused-ring (bicyclic) bond motifs is 1. The molecule has 2 N–H and O–H groups in total. The molecular formula is C30H29F3N6O5S. The van der Waals surface area contributed by atoms with Gasteiger partial charge in [-0.25, -0.2) is 23.2 Å². The van der Waals surface area contributed by atoms with E-state index in [1.54, 1.807) is 4.90 Å². The van der Waals surface area contributed by atoms with Crippen molar-refractivity contribution in [2.45, 2.75) is 43.4 Å². The molecule has 1 fully saturated rings. The minimum atomic E-state index is -4.65. The van der Waals surface area contributed by atoms with Crippen molar-refractivity contribution in [1.29, 1.82) is 0 Å². The van der Waals surface area contributed by atoms with E-state index >= 15 is 0 Å². The molecule has 236 valence electrons. The van der Waals surface area contributed by atoms with Crippen LogP contribution in [0.1, 0.15) is 40.4 Å². The number of pyridine rings is 1. The summed E-state index contributed by atoms with van der Waals surface area (Å²) in [5, 5.41) is 12.4. The van der Waals surface area contributed by atoms with Crippen molar-refractivity contribution < 1.29 is 36.3 Å². The number of anilines is 1. The Balaban J connectivity index is 1.45. The van der Waals surface area contributed by atoms with Crippen molar-refractivity contribution in [2.24, 2.45) is 0 Å².